The average Bonchev–Trinajstić information content (AvgIpc) is 2.71. The zero-order chi connectivity index (χ0) is 9.26. The second kappa shape index (κ2) is 3.10. The maximum Gasteiger partial charge on any atom is 0.178 e. The van der Waals surface area contributed by atoms with Gasteiger partial charge in [0.15, 0.2) is 11.3 Å². The van der Waals surface area contributed by atoms with E-state index in [2.05, 4.69) is 10.1 Å². The summed E-state index contributed by atoms with van der Waals surface area (Å²) < 4.78 is 1.73. The third-order valence-corrected chi connectivity index (χ3v) is 2.48. The van der Waals surface area contributed by atoms with Crippen molar-refractivity contribution in [1.29, 1.82) is 0 Å². The summed E-state index contributed by atoms with van der Waals surface area (Å²) in [7, 11) is 1.84. The van der Waals surface area contributed by atoms with Gasteiger partial charge in [-0.1, -0.05) is 0 Å². The third-order valence-electron chi connectivity index (χ3n) is 1.71. The van der Waals surface area contributed by atoms with Crippen molar-refractivity contribution in [1.82, 2.24) is 14.8 Å². The molecule has 2 rings (SSSR count). The highest BCUT2D eigenvalue weighted by Gasteiger charge is 2.06. The standard InChI is InChI=1S/C8H7N3OS/c1-11-7(2-3-9-11)6-5-13-8(4-12)10-6/h2-5H,1H3. The number of carbonyl (C=O) groups is 1. The predicted molar refractivity (Wildman–Crippen MR) is 49.7 cm³/mol. The molecule has 0 aliphatic heterocycles. The zero-order valence-electron chi connectivity index (χ0n) is 6.97. The van der Waals surface area contributed by atoms with Crippen molar-refractivity contribution in [3.63, 3.8) is 0 Å². The molecule has 2 aromatic heterocycles. The summed E-state index contributed by atoms with van der Waals surface area (Å²) >= 11 is 1.34. The van der Waals surface area contributed by atoms with Gasteiger partial charge in [-0.2, -0.15) is 5.10 Å². The van der Waals surface area contributed by atoms with Crippen molar-refractivity contribution in [3.8, 4) is 11.4 Å². The van der Waals surface area contributed by atoms with Crippen LogP contribution in [0.1, 0.15) is 9.80 Å². The third kappa shape index (κ3) is 1.38. The van der Waals surface area contributed by atoms with Gasteiger partial charge in [0.1, 0.15) is 5.69 Å². The lowest BCUT2D eigenvalue weighted by Gasteiger charge is -1.94. The maximum atomic E-state index is 10.4. The first-order chi connectivity index (χ1) is 6.31. The number of nitrogens with zero attached hydrogens (tertiary/aromatic N) is 3. The van der Waals surface area contributed by atoms with Crippen molar-refractivity contribution >= 4 is 17.6 Å². The van der Waals surface area contributed by atoms with Crippen LogP contribution in [0.25, 0.3) is 11.4 Å². The van der Waals surface area contributed by atoms with Crippen LogP contribution >= 0.6 is 11.3 Å². The average molecular weight is 193 g/mol. The quantitative estimate of drug-likeness (QED) is 0.676. The Morgan fingerprint density at radius 2 is 2.46 bits per heavy atom. The summed E-state index contributed by atoms with van der Waals surface area (Å²) in [4.78, 5) is 14.5. The first-order valence-corrected chi connectivity index (χ1v) is 4.58. The van der Waals surface area contributed by atoms with Crippen LogP contribution in [0.3, 0.4) is 0 Å². The van der Waals surface area contributed by atoms with Gasteiger partial charge in [0.25, 0.3) is 0 Å². The second-order valence-corrected chi connectivity index (χ2v) is 3.42. The Hall–Kier alpha value is -1.49. The van der Waals surface area contributed by atoms with E-state index in [4.69, 9.17) is 0 Å². The number of aryl methyl sites for hydroxylation is 1. The number of aldehydes is 1. The monoisotopic (exact) mass is 193 g/mol. The van der Waals surface area contributed by atoms with Gasteiger partial charge < -0.3 is 0 Å². The normalized spacial score (nSPS) is 10.2. The van der Waals surface area contributed by atoms with Crippen molar-refractivity contribution in [2.75, 3.05) is 0 Å². The van der Waals surface area contributed by atoms with Crippen LogP contribution in [0.5, 0.6) is 0 Å². The lowest BCUT2D eigenvalue weighted by atomic mass is 10.3. The molecule has 66 valence electrons. The molecule has 0 fully saturated rings. The van der Waals surface area contributed by atoms with Gasteiger partial charge in [0.05, 0.1) is 5.69 Å². The van der Waals surface area contributed by atoms with E-state index in [1.807, 2.05) is 18.5 Å². The summed E-state index contributed by atoms with van der Waals surface area (Å²) in [6.07, 6.45) is 2.46. The molecule has 4 nitrogen and oxygen atoms in total. The summed E-state index contributed by atoms with van der Waals surface area (Å²) in [5.74, 6) is 0. The minimum atomic E-state index is 0.496. The number of hydrogen-bond donors (Lipinski definition) is 0. The largest absolute Gasteiger partial charge is 0.295 e. The smallest absolute Gasteiger partial charge is 0.178 e. The molecule has 0 saturated carbocycles. The molecule has 2 aromatic rings. The molecule has 0 radical (unpaired) electrons. The SMILES string of the molecule is Cn1nccc1-c1csc(C=O)n1. The van der Waals surface area contributed by atoms with Crippen molar-refractivity contribution in [2.24, 2.45) is 7.05 Å². The molecule has 2 heterocycles. The molecule has 0 amide bonds. The summed E-state index contributed by atoms with van der Waals surface area (Å²) in [5.41, 5.74) is 1.72. The fourth-order valence-corrected chi connectivity index (χ4v) is 1.70. The number of carbonyl (C=O) groups excluding carboxylic acids is 1. The Morgan fingerprint density at radius 1 is 1.62 bits per heavy atom. The molecule has 0 bridgehead atoms. The molecule has 5 heteroatoms. The lowest BCUT2D eigenvalue weighted by molar-refractivity contribution is 0.112. The summed E-state index contributed by atoms with van der Waals surface area (Å²) in [5, 5.41) is 6.37. The van der Waals surface area contributed by atoms with Gasteiger partial charge in [0.2, 0.25) is 0 Å². The van der Waals surface area contributed by atoms with E-state index >= 15 is 0 Å². The minimum absolute atomic E-state index is 0.496. The summed E-state index contributed by atoms with van der Waals surface area (Å²) in [6, 6.07) is 1.86. The fraction of sp³-hybridized carbons (Fsp3) is 0.125. The van der Waals surface area contributed by atoms with Gasteiger partial charge in [0, 0.05) is 18.6 Å². The van der Waals surface area contributed by atoms with Crippen LogP contribution in [0.2, 0.25) is 0 Å². The molecular weight excluding hydrogens is 186 g/mol. The van der Waals surface area contributed by atoms with Crippen molar-refractivity contribution in [2.45, 2.75) is 0 Å². The van der Waals surface area contributed by atoms with Crippen LogP contribution in [-0.2, 0) is 7.05 Å². The number of thiazole rings is 1. The van der Waals surface area contributed by atoms with Gasteiger partial charge in [-0.3, -0.25) is 9.48 Å². The van der Waals surface area contributed by atoms with Gasteiger partial charge >= 0.3 is 0 Å². The van der Waals surface area contributed by atoms with Crippen LogP contribution in [-0.4, -0.2) is 21.1 Å². The van der Waals surface area contributed by atoms with Crippen molar-refractivity contribution < 1.29 is 4.79 Å². The molecule has 0 N–H and O–H groups in total. The van der Waals surface area contributed by atoms with Crippen LogP contribution in [0.4, 0.5) is 0 Å². The second-order valence-electron chi connectivity index (χ2n) is 2.53. The number of rotatable bonds is 2. The molecule has 0 atom stereocenters. The van der Waals surface area contributed by atoms with E-state index in [-0.39, 0.29) is 0 Å². The Labute approximate surface area is 78.8 Å². The van der Waals surface area contributed by atoms with E-state index in [0.717, 1.165) is 17.7 Å². The van der Waals surface area contributed by atoms with E-state index < -0.39 is 0 Å². The fourth-order valence-electron chi connectivity index (χ4n) is 1.08. The van der Waals surface area contributed by atoms with Crippen molar-refractivity contribution in [3.05, 3.63) is 22.7 Å². The molecule has 0 spiro atoms. The molecule has 0 aliphatic carbocycles. The highest BCUT2D eigenvalue weighted by molar-refractivity contribution is 7.11. The Balaban J connectivity index is 2.46. The number of hydrogen-bond acceptors (Lipinski definition) is 4. The van der Waals surface area contributed by atoms with E-state index in [1.54, 1.807) is 10.9 Å². The molecule has 13 heavy (non-hydrogen) atoms. The van der Waals surface area contributed by atoms with E-state index in [9.17, 15) is 4.79 Å². The first kappa shape index (κ1) is 8.12. The Kier molecular flexibility index (Phi) is 1.94. The topological polar surface area (TPSA) is 47.8 Å². The lowest BCUT2D eigenvalue weighted by Crippen LogP contribution is -1.93. The predicted octanol–water partition coefficient (Wildman–Crippen LogP) is 1.36. The van der Waals surface area contributed by atoms with Crippen LogP contribution in [0, 0.1) is 0 Å². The molecule has 0 aliphatic rings. The Morgan fingerprint density at radius 3 is 3.00 bits per heavy atom. The summed E-state index contributed by atoms with van der Waals surface area (Å²) in [6.45, 7) is 0. The molecule has 0 unspecified atom stereocenters. The highest BCUT2D eigenvalue weighted by Crippen LogP contribution is 2.19. The number of aromatic nitrogens is 3. The van der Waals surface area contributed by atoms with E-state index in [0.29, 0.717) is 5.01 Å². The van der Waals surface area contributed by atoms with Gasteiger partial charge in [-0.25, -0.2) is 4.98 Å². The van der Waals surface area contributed by atoms with Crippen LogP contribution < -0.4 is 0 Å². The zero-order valence-corrected chi connectivity index (χ0v) is 7.78. The minimum Gasteiger partial charge on any atom is -0.295 e. The van der Waals surface area contributed by atoms with Gasteiger partial charge in [-0.15, -0.1) is 11.3 Å². The molecule has 0 saturated heterocycles. The Bertz CT molecular complexity index is 432. The first-order valence-electron chi connectivity index (χ1n) is 3.70. The van der Waals surface area contributed by atoms with Gasteiger partial charge in [-0.05, 0) is 6.07 Å². The molecule has 0 aromatic carbocycles. The highest BCUT2D eigenvalue weighted by atomic mass is 32.1. The maximum absolute atomic E-state index is 10.4. The van der Waals surface area contributed by atoms with E-state index in [1.165, 1.54) is 11.3 Å². The molecular formula is C8H7N3OS. The van der Waals surface area contributed by atoms with Crippen LogP contribution in [0.15, 0.2) is 17.6 Å².